The minimum absolute atomic E-state index is 0.00944. The first-order valence-corrected chi connectivity index (χ1v) is 20.9. The van der Waals surface area contributed by atoms with E-state index in [9.17, 15) is 0 Å². The molecule has 0 radical (unpaired) electrons. The van der Waals surface area contributed by atoms with Crippen molar-refractivity contribution in [2.75, 3.05) is 0 Å². The second kappa shape index (κ2) is 12.9. The van der Waals surface area contributed by atoms with E-state index < -0.39 is 0 Å². The Morgan fingerprint density at radius 3 is 1.66 bits per heavy atom. The molecule has 0 saturated carbocycles. The number of thioether (sulfide) groups is 1. The molecule has 1 aliphatic heterocycles. The average Bonchev–Trinajstić information content (AvgIpc) is 3.91. The first-order valence-electron chi connectivity index (χ1n) is 20.1. The van der Waals surface area contributed by atoms with Crippen molar-refractivity contribution in [2.24, 2.45) is 0 Å². The lowest BCUT2D eigenvalue weighted by Gasteiger charge is -2.27. The Morgan fingerprint density at radius 1 is 0.431 bits per heavy atom. The van der Waals surface area contributed by atoms with Crippen LogP contribution >= 0.6 is 11.8 Å². The van der Waals surface area contributed by atoms with Gasteiger partial charge in [0.25, 0.3) is 0 Å². The van der Waals surface area contributed by atoms with E-state index in [4.69, 9.17) is 0 Å². The summed E-state index contributed by atoms with van der Waals surface area (Å²) in [7, 11) is 0. The number of fused-ring (bicyclic) bond motifs is 10. The Balaban J connectivity index is 1.06. The molecule has 3 heteroatoms. The molecule has 2 aromatic heterocycles. The Bertz CT molecular complexity index is 3330. The molecule has 12 rings (SSSR count). The fourth-order valence-electron chi connectivity index (χ4n) is 9.75. The fraction of sp³-hybridized carbons (Fsp3) is 0.0545. The zero-order valence-electron chi connectivity index (χ0n) is 32.0. The van der Waals surface area contributed by atoms with Gasteiger partial charge in [-0.3, -0.25) is 0 Å². The fourth-order valence-corrected chi connectivity index (χ4v) is 11.2. The molecule has 2 atom stereocenters. The summed E-state index contributed by atoms with van der Waals surface area (Å²) >= 11 is 2.00. The average molecular weight is 759 g/mol. The Labute approximate surface area is 342 Å². The smallest absolute Gasteiger partial charge is 0.0544 e. The van der Waals surface area contributed by atoms with E-state index in [-0.39, 0.29) is 4.75 Å². The molecular weight excluding hydrogens is 721 g/mol. The molecule has 3 heterocycles. The Hall–Kier alpha value is -6.81. The lowest BCUT2D eigenvalue weighted by atomic mass is 9.82. The van der Waals surface area contributed by atoms with E-state index in [2.05, 4.69) is 222 Å². The van der Waals surface area contributed by atoms with E-state index in [0.29, 0.717) is 5.92 Å². The summed E-state index contributed by atoms with van der Waals surface area (Å²) in [5.74, 6) is 0.294. The molecule has 0 spiro atoms. The first kappa shape index (κ1) is 33.3. The second-order valence-corrected chi connectivity index (χ2v) is 17.4. The highest BCUT2D eigenvalue weighted by Gasteiger charge is 2.43. The van der Waals surface area contributed by atoms with E-state index >= 15 is 0 Å². The van der Waals surface area contributed by atoms with Crippen molar-refractivity contribution in [3.05, 3.63) is 212 Å². The van der Waals surface area contributed by atoms with E-state index in [1.54, 1.807) is 0 Å². The van der Waals surface area contributed by atoms with Crippen LogP contribution in [0.15, 0.2) is 211 Å². The summed E-state index contributed by atoms with van der Waals surface area (Å²) < 4.78 is 4.90. The highest BCUT2D eigenvalue weighted by atomic mass is 32.2. The number of para-hydroxylation sites is 1. The van der Waals surface area contributed by atoms with E-state index in [1.165, 1.54) is 93.1 Å². The van der Waals surface area contributed by atoms with Crippen molar-refractivity contribution in [1.82, 2.24) is 9.13 Å². The van der Waals surface area contributed by atoms with E-state index in [1.807, 2.05) is 11.8 Å². The zero-order valence-corrected chi connectivity index (χ0v) is 32.8. The van der Waals surface area contributed by atoms with Crippen LogP contribution in [0.1, 0.15) is 18.4 Å². The monoisotopic (exact) mass is 758 g/mol. The highest BCUT2D eigenvalue weighted by Crippen LogP contribution is 2.58. The first-order chi connectivity index (χ1) is 28.6. The molecule has 0 saturated heterocycles. The maximum Gasteiger partial charge on any atom is 0.0544 e. The number of benzene rings is 8. The number of nitrogens with zero attached hydrogens (tertiary/aromatic N) is 2. The normalized spacial score (nSPS) is 17.1. The van der Waals surface area contributed by atoms with Crippen LogP contribution < -0.4 is 0 Å². The van der Waals surface area contributed by atoms with Gasteiger partial charge < -0.3 is 9.13 Å². The summed E-state index contributed by atoms with van der Waals surface area (Å²) in [6.45, 7) is 2.39. The van der Waals surface area contributed by atoms with Crippen molar-refractivity contribution in [3.63, 3.8) is 0 Å². The molecule has 2 nitrogen and oxygen atoms in total. The number of hydrogen-bond acceptors (Lipinski definition) is 1. The van der Waals surface area contributed by atoms with E-state index in [0.717, 1.165) is 5.69 Å². The summed E-state index contributed by atoms with van der Waals surface area (Å²) in [6, 6.07) is 67.0. The van der Waals surface area contributed by atoms with Gasteiger partial charge in [-0.1, -0.05) is 140 Å². The molecule has 0 N–H and O–H groups in total. The summed E-state index contributed by atoms with van der Waals surface area (Å²) in [4.78, 5) is 1.38. The van der Waals surface area contributed by atoms with Crippen LogP contribution in [0.5, 0.6) is 0 Å². The molecular formula is C55H38N2S. The predicted molar refractivity (Wildman–Crippen MR) is 247 cm³/mol. The van der Waals surface area contributed by atoms with Gasteiger partial charge in [0.05, 0.1) is 22.1 Å². The molecule has 2 unspecified atom stereocenters. The summed E-state index contributed by atoms with van der Waals surface area (Å²) in [5.41, 5.74) is 16.0. The molecule has 274 valence electrons. The Morgan fingerprint density at radius 2 is 0.966 bits per heavy atom. The van der Waals surface area contributed by atoms with Gasteiger partial charge in [0.1, 0.15) is 0 Å². The zero-order chi connectivity index (χ0) is 38.4. The van der Waals surface area contributed by atoms with Gasteiger partial charge in [0.15, 0.2) is 0 Å². The van der Waals surface area contributed by atoms with Crippen LogP contribution in [-0.2, 0) is 0 Å². The largest absolute Gasteiger partial charge is 0.309 e. The van der Waals surface area contributed by atoms with Crippen LogP contribution in [0.3, 0.4) is 0 Å². The Kier molecular flexibility index (Phi) is 7.39. The van der Waals surface area contributed by atoms with Crippen molar-refractivity contribution >= 4 is 55.4 Å². The van der Waals surface area contributed by atoms with Crippen molar-refractivity contribution in [2.45, 2.75) is 22.5 Å². The molecule has 0 fully saturated rings. The lowest BCUT2D eigenvalue weighted by molar-refractivity contribution is 0.706. The van der Waals surface area contributed by atoms with Crippen molar-refractivity contribution in [1.29, 1.82) is 0 Å². The van der Waals surface area contributed by atoms with Crippen LogP contribution in [0, 0.1) is 0 Å². The number of aromatic nitrogens is 2. The second-order valence-electron chi connectivity index (χ2n) is 15.9. The molecule has 2 aliphatic rings. The number of allylic oxidation sites excluding steroid dienone is 3. The minimum atomic E-state index is -0.00944. The number of rotatable bonds is 5. The quantitative estimate of drug-likeness (QED) is 0.170. The molecule has 58 heavy (non-hydrogen) atoms. The maximum atomic E-state index is 2.49. The van der Waals surface area contributed by atoms with Crippen LogP contribution in [-0.4, -0.2) is 13.9 Å². The van der Waals surface area contributed by atoms with Gasteiger partial charge in [-0.2, -0.15) is 0 Å². The molecule has 0 amide bonds. The van der Waals surface area contributed by atoms with Crippen LogP contribution in [0.2, 0.25) is 0 Å². The predicted octanol–water partition coefficient (Wildman–Crippen LogP) is 15.0. The van der Waals surface area contributed by atoms with Crippen LogP contribution in [0.4, 0.5) is 0 Å². The van der Waals surface area contributed by atoms with Gasteiger partial charge in [-0.25, -0.2) is 0 Å². The van der Waals surface area contributed by atoms with Crippen LogP contribution in [0.25, 0.3) is 88.4 Å². The standard InChI is InChI=1S/C55H38N2S/c1-55-31-11-10-23-47(55)54-52(58-55)30-29-51-53(54)46-35-41(26-28-50(46)57(51)43-21-13-19-39(33-43)37-16-6-3-7-17-37)40-25-27-49-45(34-40)44-22-8-9-24-48(44)56(49)42-20-12-18-38(32-42)36-14-4-2-5-15-36/h2-35,47H,1H3. The molecule has 1 aliphatic carbocycles. The summed E-state index contributed by atoms with van der Waals surface area (Å²) in [5, 5.41) is 5.16. The van der Waals surface area contributed by atoms with Crippen molar-refractivity contribution in [3.8, 4) is 44.8 Å². The summed E-state index contributed by atoms with van der Waals surface area (Å²) in [6.07, 6.45) is 9.26. The highest BCUT2D eigenvalue weighted by molar-refractivity contribution is 8.01. The topological polar surface area (TPSA) is 9.86 Å². The van der Waals surface area contributed by atoms with Crippen molar-refractivity contribution < 1.29 is 0 Å². The maximum absolute atomic E-state index is 2.49. The van der Waals surface area contributed by atoms with Gasteiger partial charge >= 0.3 is 0 Å². The SMILES string of the molecule is CC12C=CC=CC1c1c(ccc3c1c1cc(-c4ccc5c(c4)c4ccccc4n5-c4cccc(-c5ccccc5)c4)ccc1n3-c1cccc(-c3ccccc3)c1)S2. The third-order valence-electron chi connectivity index (χ3n) is 12.5. The third kappa shape index (κ3) is 5.06. The minimum Gasteiger partial charge on any atom is -0.309 e. The lowest BCUT2D eigenvalue weighted by Crippen LogP contribution is -2.22. The molecule has 10 aromatic rings. The van der Waals surface area contributed by atoms with Gasteiger partial charge in [-0.15, -0.1) is 11.8 Å². The molecule has 8 aromatic carbocycles. The molecule has 0 bridgehead atoms. The number of hydrogen-bond donors (Lipinski definition) is 0. The third-order valence-corrected chi connectivity index (χ3v) is 13.9. The van der Waals surface area contributed by atoms with Gasteiger partial charge in [0, 0.05) is 48.5 Å². The van der Waals surface area contributed by atoms with Gasteiger partial charge in [-0.05, 0) is 113 Å². The van der Waals surface area contributed by atoms with Gasteiger partial charge in [0.2, 0.25) is 0 Å².